The van der Waals surface area contributed by atoms with Crippen LogP contribution in [-0.2, 0) is 0 Å². The minimum atomic E-state index is -0.308. The number of aromatic hydroxyl groups is 1. The van der Waals surface area contributed by atoms with Gasteiger partial charge in [0.05, 0.1) is 18.1 Å². The lowest BCUT2D eigenvalue weighted by Gasteiger charge is -2.10. The van der Waals surface area contributed by atoms with Gasteiger partial charge in [-0.05, 0) is 23.8 Å². The normalized spacial score (nSPS) is 11.0. The Kier molecular flexibility index (Phi) is 4.30. The molecule has 2 N–H and O–H groups in total. The number of pyridine rings is 1. The maximum Gasteiger partial charge on any atom is 0.260 e. The minimum absolute atomic E-state index is 0.0174. The molecule has 2 aromatic carbocycles. The van der Waals surface area contributed by atoms with E-state index in [0.717, 1.165) is 15.6 Å². The first-order valence-corrected chi connectivity index (χ1v) is 9.53. The van der Waals surface area contributed by atoms with Gasteiger partial charge in [-0.15, -0.1) is 11.3 Å². The Labute approximate surface area is 161 Å². The number of nitrogens with one attached hydrogen (secondary N) is 1. The average Bonchev–Trinajstić information content (AvgIpc) is 3.06. The molecule has 0 fully saturated rings. The van der Waals surface area contributed by atoms with Gasteiger partial charge in [-0.1, -0.05) is 46.3 Å². The molecule has 0 aliphatic heterocycles. The summed E-state index contributed by atoms with van der Waals surface area (Å²) in [5.41, 5.74) is 2.31. The van der Waals surface area contributed by atoms with Gasteiger partial charge in [-0.3, -0.25) is 4.79 Å². The molecule has 0 saturated carbocycles. The van der Waals surface area contributed by atoms with Crippen LogP contribution in [0.25, 0.3) is 32.5 Å². The molecule has 4 rings (SSSR count). The molecular weight excluding hydrogens is 414 g/mol. The van der Waals surface area contributed by atoms with Crippen LogP contribution < -0.4 is 10.3 Å². The summed E-state index contributed by atoms with van der Waals surface area (Å²) in [6.45, 7) is 0. The van der Waals surface area contributed by atoms with Gasteiger partial charge in [0.25, 0.3) is 5.56 Å². The average molecular weight is 428 g/mol. The second-order valence-corrected chi connectivity index (χ2v) is 7.54. The van der Waals surface area contributed by atoms with Gasteiger partial charge >= 0.3 is 0 Å². The van der Waals surface area contributed by atoms with Crippen LogP contribution in [0.4, 0.5) is 0 Å². The highest BCUT2D eigenvalue weighted by Gasteiger charge is 2.20. The van der Waals surface area contributed by atoms with Crippen molar-refractivity contribution in [2.45, 2.75) is 0 Å². The van der Waals surface area contributed by atoms with E-state index in [1.165, 1.54) is 11.3 Å². The van der Waals surface area contributed by atoms with E-state index in [0.29, 0.717) is 21.5 Å². The Hall–Kier alpha value is -2.57. The number of aromatic amines is 1. The van der Waals surface area contributed by atoms with Crippen LogP contribution in [-0.4, -0.2) is 17.2 Å². The molecule has 130 valence electrons. The quantitative estimate of drug-likeness (QED) is 0.459. The summed E-state index contributed by atoms with van der Waals surface area (Å²) in [6, 6.07) is 14.9. The molecule has 4 aromatic rings. The smallest absolute Gasteiger partial charge is 0.260 e. The Morgan fingerprint density at radius 2 is 1.88 bits per heavy atom. The van der Waals surface area contributed by atoms with Crippen molar-refractivity contribution < 1.29 is 9.84 Å². The largest absolute Gasteiger partial charge is 0.506 e. The van der Waals surface area contributed by atoms with Crippen molar-refractivity contribution in [3.63, 3.8) is 0 Å². The number of hydrogen-bond donors (Lipinski definition) is 2. The molecule has 26 heavy (non-hydrogen) atoms. The molecule has 6 heteroatoms. The van der Waals surface area contributed by atoms with Crippen molar-refractivity contribution in [1.82, 2.24) is 4.98 Å². The Bertz CT molecular complexity index is 1170. The van der Waals surface area contributed by atoms with Crippen molar-refractivity contribution in [1.29, 1.82) is 0 Å². The fourth-order valence-electron chi connectivity index (χ4n) is 3.04. The van der Waals surface area contributed by atoms with Crippen LogP contribution in [0.1, 0.15) is 0 Å². The Morgan fingerprint density at radius 1 is 1.12 bits per heavy atom. The number of H-pyrrole nitrogens is 1. The summed E-state index contributed by atoms with van der Waals surface area (Å²) in [6.07, 6.45) is 0. The lowest BCUT2D eigenvalue weighted by Crippen LogP contribution is -2.08. The third kappa shape index (κ3) is 2.71. The number of benzene rings is 2. The number of ether oxygens (including phenoxy) is 1. The second kappa shape index (κ2) is 6.63. The lowest BCUT2D eigenvalue weighted by atomic mass is 10.00. The van der Waals surface area contributed by atoms with Crippen LogP contribution in [0.5, 0.6) is 11.5 Å². The second-order valence-electron chi connectivity index (χ2n) is 5.74. The predicted molar refractivity (Wildman–Crippen MR) is 109 cm³/mol. The van der Waals surface area contributed by atoms with Gasteiger partial charge in [0, 0.05) is 21.0 Å². The zero-order chi connectivity index (χ0) is 18.3. The molecule has 0 aliphatic carbocycles. The van der Waals surface area contributed by atoms with Crippen LogP contribution in [0.15, 0.2) is 63.2 Å². The topological polar surface area (TPSA) is 62.3 Å². The first-order valence-electron chi connectivity index (χ1n) is 7.86. The standard InChI is InChI=1S/C20H14BrNO3S/c1-25-15-9-12(21)7-8-13(15)14-10-26-20-17(14)18(23)16(19(24)22-20)11-5-3-2-4-6-11/h2-10H,1H3,(H2,22,23,24). The predicted octanol–water partition coefficient (Wildman–Crippen LogP) is 5.40. The van der Waals surface area contributed by atoms with Crippen molar-refractivity contribution in [2.75, 3.05) is 7.11 Å². The zero-order valence-electron chi connectivity index (χ0n) is 13.7. The first kappa shape index (κ1) is 16.9. The van der Waals surface area contributed by atoms with E-state index >= 15 is 0 Å². The summed E-state index contributed by atoms with van der Waals surface area (Å²) in [5, 5.41) is 13.5. The minimum Gasteiger partial charge on any atom is -0.506 e. The van der Waals surface area contributed by atoms with Crippen molar-refractivity contribution >= 4 is 37.5 Å². The molecule has 0 unspecified atom stereocenters. The van der Waals surface area contributed by atoms with Gasteiger partial charge in [0.15, 0.2) is 0 Å². The van der Waals surface area contributed by atoms with Gasteiger partial charge < -0.3 is 14.8 Å². The van der Waals surface area contributed by atoms with Gasteiger partial charge in [-0.25, -0.2) is 0 Å². The number of hydrogen-bond acceptors (Lipinski definition) is 4. The zero-order valence-corrected chi connectivity index (χ0v) is 16.1. The van der Waals surface area contributed by atoms with E-state index in [4.69, 9.17) is 4.74 Å². The fourth-order valence-corrected chi connectivity index (χ4v) is 4.34. The SMILES string of the molecule is COc1cc(Br)ccc1-c1csc2[nH]c(=O)c(-c3ccccc3)c(O)c12. The molecular formula is C20H14BrNO3S. The van der Waals surface area contributed by atoms with Crippen LogP contribution in [0, 0.1) is 0 Å². The maximum absolute atomic E-state index is 12.5. The van der Waals surface area contributed by atoms with Crippen molar-refractivity contribution in [2.24, 2.45) is 0 Å². The highest BCUT2D eigenvalue weighted by Crippen LogP contribution is 2.44. The number of methoxy groups -OCH3 is 1. The molecule has 0 spiro atoms. The van der Waals surface area contributed by atoms with Gasteiger partial charge in [0.1, 0.15) is 16.3 Å². The van der Waals surface area contributed by atoms with Gasteiger partial charge in [-0.2, -0.15) is 0 Å². The van der Waals surface area contributed by atoms with Crippen molar-refractivity contribution in [3.8, 4) is 33.8 Å². The Balaban J connectivity index is 2.04. The van der Waals surface area contributed by atoms with Crippen molar-refractivity contribution in [3.05, 3.63) is 68.7 Å². The molecule has 0 atom stereocenters. The van der Waals surface area contributed by atoms with Gasteiger partial charge in [0.2, 0.25) is 0 Å². The maximum atomic E-state index is 12.5. The van der Waals surface area contributed by atoms with E-state index in [2.05, 4.69) is 20.9 Å². The van der Waals surface area contributed by atoms with E-state index in [1.54, 1.807) is 7.11 Å². The third-order valence-electron chi connectivity index (χ3n) is 4.23. The highest BCUT2D eigenvalue weighted by molar-refractivity contribution is 9.10. The third-order valence-corrected chi connectivity index (χ3v) is 5.62. The molecule has 0 amide bonds. The lowest BCUT2D eigenvalue weighted by molar-refractivity contribution is 0.416. The highest BCUT2D eigenvalue weighted by atomic mass is 79.9. The van der Waals surface area contributed by atoms with Crippen LogP contribution in [0.2, 0.25) is 0 Å². The fraction of sp³-hybridized carbons (Fsp3) is 0.0500. The van der Waals surface area contributed by atoms with Crippen LogP contribution >= 0.6 is 27.3 Å². The van der Waals surface area contributed by atoms with Crippen LogP contribution in [0.3, 0.4) is 0 Å². The molecule has 2 heterocycles. The summed E-state index contributed by atoms with van der Waals surface area (Å²) in [5.74, 6) is 0.669. The van der Waals surface area contributed by atoms with E-state index < -0.39 is 0 Å². The first-order chi connectivity index (χ1) is 12.6. The monoisotopic (exact) mass is 427 g/mol. The molecule has 2 aromatic heterocycles. The molecule has 0 saturated heterocycles. The number of thiophene rings is 1. The summed E-state index contributed by atoms with van der Waals surface area (Å²) in [7, 11) is 1.61. The summed E-state index contributed by atoms with van der Waals surface area (Å²) < 4.78 is 6.40. The number of fused-ring (bicyclic) bond motifs is 1. The molecule has 0 bridgehead atoms. The number of rotatable bonds is 3. The summed E-state index contributed by atoms with van der Waals surface area (Å²) in [4.78, 5) is 16.0. The molecule has 0 aliphatic rings. The molecule has 0 radical (unpaired) electrons. The number of aromatic nitrogens is 1. The summed E-state index contributed by atoms with van der Waals surface area (Å²) >= 11 is 4.82. The van der Waals surface area contributed by atoms with E-state index in [1.807, 2.05) is 53.9 Å². The van der Waals surface area contributed by atoms with E-state index in [9.17, 15) is 9.90 Å². The number of halogens is 1. The molecule has 4 nitrogen and oxygen atoms in total. The van der Waals surface area contributed by atoms with E-state index in [-0.39, 0.29) is 16.9 Å². The Morgan fingerprint density at radius 3 is 2.62 bits per heavy atom.